The maximum absolute atomic E-state index is 2.75. The highest BCUT2D eigenvalue weighted by Gasteiger charge is 2.41. The fourth-order valence-electron chi connectivity index (χ4n) is 13.7. The van der Waals surface area contributed by atoms with Crippen molar-refractivity contribution in [2.24, 2.45) is 0 Å². The van der Waals surface area contributed by atoms with Gasteiger partial charge in [0.25, 0.3) is 0 Å². The molecule has 0 spiro atoms. The Kier molecular flexibility index (Phi) is 9.85. The van der Waals surface area contributed by atoms with Gasteiger partial charge in [0, 0.05) is 54.7 Å². The van der Waals surface area contributed by atoms with Crippen molar-refractivity contribution in [1.82, 2.24) is 8.96 Å². The van der Waals surface area contributed by atoms with Crippen LogP contribution < -0.4 is 21.9 Å². The van der Waals surface area contributed by atoms with Crippen molar-refractivity contribution in [3.63, 3.8) is 0 Å². The molecule has 0 bridgehead atoms. The summed E-state index contributed by atoms with van der Waals surface area (Å²) in [5.74, 6) is 0. The largest absolute Gasteiger partial charge is 0.375 e. The Bertz CT molecular complexity index is 3720. The fraction of sp³-hybridized carbons (Fsp3) is 0.324. The molecule has 2 aliphatic rings. The molecule has 0 fully saturated rings. The number of aryl methyl sites for hydroxylation is 6. The Labute approximate surface area is 430 Å². The molecular formula is C68H72B2N2. The second-order valence-corrected chi connectivity index (χ2v) is 26.6. The zero-order valence-corrected chi connectivity index (χ0v) is 46.4. The number of hydrogen-bond acceptors (Lipinski definition) is 0. The maximum Gasteiger partial charge on any atom is 0.329 e. The third-order valence-corrected chi connectivity index (χ3v) is 17.2. The van der Waals surface area contributed by atoms with E-state index in [1.54, 1.807) is 0 Å². The molecular weight excluding hydrogens is 866 g/mol. The Balaban J connectivity index is 1.29. The first kappa shape index (κ1) is 46.8. The molecule has 2 nitrogen and oxygen atoms in total. The highest BCUT2D eigenvalue weighted by molar-refractivity contribution is 6.89. The molecule has 10 aromatic rings. The molecule has 0 atom stereocenters. The predicted octanol–water partition coefficient (Wildman–Crippen LogP) is 15.4. The van der Waals surface area contributed by atoms with Crippen LogP contribution in [0, 0.1) is 41.5 Å². The van der Waals surface area contributed by atoms with Crippen LogP contribution in [0.1, 0.15) is 139 Å². The topological polar surface area (TPSA) is 9.86 Å². The number of hydrogen-bond donors (Lipinski definition) is 0. The van der Waals surface area contributed by atoms with E-state index in [1.807, 2.05) is 0 Å². The van der Waals surface area contributed by atoms with Gasteiger partial charge in [0.1, 0.15) is 0 Å². The monoisotopic (exact) mass is 939 g/mol. The summed E-state index contributed by atoms with van der Waals surface area (Å²) >= 11 is 0. The summed E-state index contributed by atoms with van der Waals surface area (Å²) in [7, 11) is 0. The molecule has 72 heavy (non-hydrogen) atoms. The Morgan fingerprint density at radius 2 is 0.639 bits per heavy atom. The van der Waals surface area contributed by atoms with Crippen molar-refractivity contribution in [3.8, 4) is 22.3 Å². The first-order chi connectivity index (χ1) is 33.7. The van der Waals surface area contributed by atoms with Crippen molar-refractivity contribution in [2.45, 2.75) is 146 Å². The van der Waals surface area contributed by atoms with Crippen molar-refractivity contribution in [2.75, 3.05) is 0 Å². The van der Waals surface area contributed by atoms with E-state index in [1.165, 1.54) is 154 Å². The van der Waals surface area contributed by atoms with Crippen molar-refractivity contribution < 1.29 is 0 Å². The van der Waals surface area contributed by atoms with Gasteiger partial charge in [-0.2, -0.15) is 0 Å². The fourth-order valence-corrected chi connectivity index (χ4v) is 13.7. The minimum atomic E-state index is -0.0676. The number of benzene rings is 8. The first-order valence-electron chi connectivity index (χ1n) is 26.7. The van der Waals surface area contributed by atoms with Gasteiger partial charge < -0.3 is 8.96 Å². The number of aromatic nitrogens is 2. The zero-order chi connectivity index (χ0) is 51.2. The maximum atomic E-state index is 2.75. The van der Waals surface area contributed by atoms with Crippen LogP contribution >= 0.6 is 0 Å². The van der Waals surface area contributed by atoms with E-state index in [9.17, 15) is 0 Å². The molecule has 2 aliphatic heterocycles. The molecule has 8 aromatic carbocycles. The Hall–Kier alpha value is -6.25. The van der Waals surface area contributed by atoms with Gasteiger partial charge in [-0.1, -0.05) is 177 Å². The van der Waals surface area contributed by atoms with Crippen LogP contribution in [0.15, 0.2) is 109 Å². The van der Waals surface area contributed by atoms with Gasteiger partial charge in [0.2, 0.25) is 0 Å². The summed E-state index contributed by atoms with van der Waals surface area (Å²) in [6, 6.07) is 44.8. The van der Waals surface area contributed by atoms with Crippen molar-refractivity contribution >= 4 is 89.9 Å². The van der Waals surface area contributed by atoms with Gasteiger partial charge in [-0.15, -0.1) is 0 Å². The van der Waals surface area contributed by atoms with Crippen LogP contribution in [-0.4, -0.2) is 22.7 Å². The summed E-state index contributed by atoms with van der Waals surface area (Å²) < 4.78 is 5.49. The highest BCUT2D eigenvalue weighted by Crippen LogP contribution is 2.49. The van der Waals surface area contributed by atoms with Gasteiger partial charge in [-0.25, -0.2) is 0 Å². The molecule has 12 rings (SSSR count). The summed E-state index contributed by atoms with van der Waals surface area (Å²) in [4.78, 5) is 0. The lowest BCUT2D eigenvalue weighted by Gasteiger charge is -2.34. The third-order valence-electron chi connectivity index (χ3n) is 17.2. The molecule has 360 valence electrons. The van der Waals surface area contributed by atoms with Crippen LogP contribution in [0.4, 0.5) is 0 Å². The highest BCUT2D eigenvalue weighted by atomic mass is 14.9. The predicted molar refractivity (Wildman–Crippen MR) is 318 cm³/mol. The smallest absolute Gasteiger partial charge is 0.329 e. The SMILES string of the molecule is Cc1cc(C)c(B2c3ccc4c5c(ccc4c3-c3cc(C(C)(C)C)cc4c6cc(C(C)(C)C)ccc6n2c34)B(c2c(C)cc(C)cc2C)n2c3ccc(C(C)(C)C)cc3c3cc(C(C)(C)C)cc-5c32)c(C)c1. The number of fused-ring (bicyclic) bond motifs is 13. The first-order valence-corrected chi connectivity index (χ1v) is 26.7. The number of rotatable bonds is 2. The van der Waals surface area contributed by atoms with Gasteiger partial charge in [0.05, 0.1) is 0 Å². The van der Waals surface area contributed by atoms with E-state index in [2.05, 4.69) is 243 Å². The molecule has 0 saturated carbocycles. The van der Waals surface area contributed by atoms with Crippen LogP contribution in [0.3, 0.4) is 0 Å². The molecule has 0 unspecified atom stereocenters. The molecule has 0 amide bonds. The minimum Gasteiger partial charge on any atom is -0.375 e. The third kappa shape index (κ3) is 6.69. The van der Waals surface area contributed by atoms with Crippen molar-refractivity contribution in [3.05, 3.63) is 165 Å². The van der Waals surface area contributed by atoms with E-state index < -0.39 is 0 Å². The van der Waals surface area contributed by atoms with Gasteiger partial charge in [-0.3, -0.25) is 0 Å². The molecule has 4 heteroatoms. The molecule has 0 radical (unpaired) electrons. The van der Waals surface area contributed by atoms with E-state index in [-0.39, 0.29) is 35.4 Å². The molecule has 0 N–H and O–H groups in total. The van der Waals surface area contributed by atoms with Crippen molar-refractivity contribution in [1.29, 1.82) is 0 Å². The van der Waals surface area contributed by atoms with E-state index in [4.69, 9.17) is 0 Å². The number of nitrogens with zero attached hydrogens (tertiary/aromatic N) is 2. The Morgan fingerprint density at radius 1 is 0.319 bits per heavy atom. The minimum absolute atomic E-state index is 0.0128. The molecule has 0 aliphatic carbocycles. The normalized spacial score (nSPS) is 13.9. The lowest BCUT2D eigenvalue weighted by Crippen LogP contribution is -2.54. The van der Waals surface area contributed by atoms with Gasteiger partial charge in [-0.05, 0) is 178 Å². The van der Waals surface area contributed by atoms with Crippen LogP contribution in [0.25, 0.3) is 76.6 Å². The molecule has 2 aromatic heterocycles. The Morgan fingerprint density at radius 3 is 0.958 bits per heavy atom. The quantitative estimate of drug-likeness (QED) is 0.153. The van der Waals surface area contributed by atoms with E-state index >= 15 is 0 Å². The summed E-state index contributed by atoms with van der Waals surface area (Å²) in [5.41, 5.74) is 29.7. The second kappa shape index (κ2) is 15.2. The van der Waals surface area contributed by atoms with E-state index in [0.29, 0.717) is 0 Å². The zero-order valence-electron chi connectivity index (χ0n) is 46.4. The summed E-state index contributed by atoms with van der Waals surface area (Å²) in [6.45, 7) is 42.3. The standard InChI is InChI=1S/C68H72B2N2/c1-37-27-39(3)61(40(4)28-37)69-55-23-21-48-47(59(55)53-35-45(67(13,14)15)33-51-49-31-43(65(7,8)9)19-25-57(49)71(69)63(51)53)22-24-56-60(48)54-36-46(68(16,17)18)34-52-50-32-44(66(10,11)12)20-26-58(50)72(64(52)54)70(56)62-41(5)29-38(2)30-42(62)6/h19-36H,1-18H3. The summed E-state index contributed by atoms with van der Waals surface area (Å²) in [5, 5.41) is 8.08. The second-order valence-electron chi connectivity index (χ2n) is 26.6. The average Bonchev–Trinajstić information content (AvgIpc) is 3.79. The van der Waals surface area contributed by atoms with Crippen LogP contribution in [0.5, 0.6) is 0 Å². The lowest BCUT2D eigenvalue weighted by molar-refractivity contribution is 0.590. The summed E-state index contributed by atoms with van der Waals surface area (Å²) in [6.07, 6.45) is 0. The van der Waals surface area contributed by atoms with Gasteiger partial charge >= 0.3 is 13.7 Å². The van der Waals surface area contributed by atoms with Crippen LogP contribution in [0.2, 0.25) is 0 Å². The average molecular weight is 939 g/mol. The molecule has 0 saturated heterocycles. The van der Waals surface area contributed by atoms with E-state index in [0.717, 1.165) is 0 Å². The lowest BCUT2D eigenvalue weighted by atomic mass is 9.44. The van der Waals surface area contributed by atoms with Crippen LogP contribution in [-0.2, 0) is 21.7 Å². The van der Waals surface area contributed by atoms with Gasteiger partial charge in [0.15, 0.2) is 0 Å². The molecule has 4 heterocycles.